The molecular weight excluding hydrogens is 229 g/mol. The van der Waals surface area contributed by atoms with Gasteiger partial charge in [0.05, 0.1) is 7.11 Å². The van der Waals surface area contributed by atoms with Crippen LogP contribution in [0.25, 0.3) is 0 Å². The lowest BCUT2D eigenvalue weighted by Crippen LogP contribution is -2.22. The van der Waals surface area contributed by atoms with Gasteiger partial charge in [0.15, 0.2) is 0 Å². The Bertz CT molecular complexity index is 386. The maximum Gasteiger partial charge on any atom is 0.131 e. The minimum Gasteiger partial charge on any atom is -0.497 e. The van der Waals surface area contributed by atoms with Crippen LogP contribution in [0, 0.1) is 11.7 Å². The summed E-state index contributed by atoms with van der Waals surface area (Å²) < 4.78 is 19.0. The zero-order valence-corrected chi connectivity index (χ0v) is 11.0. The topological polar surface area (TPSA) is 35.2 Å². The minimum absolute atomic E-state index is 0.186. The normalized spacial score (nSPS) is 19.3. The first-order chi connectivity index (χ1) is 8.72. The van der Waals surface area contributed by atoms with E-state index in [1.54, 1.807) is 19.2 Å². The van der Waals surface area contributed by atoms with Crippen LogP contribution in [-0.4, -0.2) is 7.11 Å². The quantitative estimate of drug-likeness (QED) is 0.829. The van der Waals surface area contributed by atoms with Gasteiger partial charge in [-0.1, -0.05) is 31.7 Å². The number of halogens is 1. The molecule has 1 aliphatic rings. The summed E-state index contributed by atoms with van der Waals surface area (Å²) in [5, 5.41) is 0. The lowest BCUT2D eigenvalue weighted by Gasteiger charge is -2.23. The van der Waals surface area contributed by atoms with Gasteiger partial charge in [0, 0.05) is 17.7 Å². The number of ether oxygens (including phenoxy) is 1. The molecule has 1 aromatic carbocycles. The Morgan fingerprint density at radius 1 is 1.22 bits per heavy atom. The fourth-order valence-corrected chi connectivity index (χ4v) is 2.83. The Hall–Kier alpha value is -1.09. The molecule has 0 amide bonds. The molecule has 0 bridgehead atoms. The van der Waals surface area contributed by atoms with Crippen molar-refractivity contribution >= 4 is 0 Å². The lowest BCUT2D eigenvalue weighted by atomic mass is 9.87. The van der Waals surface area contributed by atoms with E-state index in [4.69, 9.17) is 10.5 Å². The van der Waals surface area contributed by atoms with Gasteiger partial charge in [-0.05, 0) is 24.8 Å². The van der Waals surface area contributed by atoms with Crippen LogP contribution in [0.15, 0.2) is 18.2 Å². The third kappa shape index (κ3) is 3.02. The summed E-state index contributed by atoms with van der Waals surface area (Å²) in [5.41, 5.74) is 6.88. The van der Waals surface area contributed by atoms with Crippen molar-refractivity contribution in [3.8, 4) is 5.75 Å². The summed E-state index contributed by atoms with van der Waals surface area (Å²) in [7, 11) is 1.54. The number of methoxy groups -OCH3 is 1. The Labute approximate surface area is 108 Å². The van der Waals surface area contributed by atoms with Gasteiger partial charge in [-0.3, -0.25) is 0 Å². The Morgan fingerprint density at radius 2 is 1.89 bits per heavy atom. The smallest absolute Gasteiger partial charge is 0.131 e. The zero-order chi connectivity index (χ0) is 13.0. The average molecular weight is 251 g/mol. The minimum atomic E-state index is -0.244. The van der Waals surface area contributed by atoms with E-state index in [1.165, 1.54) is 31.7 Å². The van der Waals surface area contributed by atoms with Crippen molar-refractivity contribution in [2.75, 3.05) is 7.11 Å². The molecule has 0 saturated heterocycles. The molecular formula is C15H22FNO. The maximum absolute atomic E-state index is 14.0. The van der Waals surface area contributed by atoms with Crippen molar-refractivity contribution in [1.29, 1.82) is 0 Å². The lowest BCUT2D eigenvalue weighted by molar-refractivity contribution is 0.370. The third-order valence-electron chi connectivity index (χ3n) is 3.97. The number of benzene rings is 1. The highest BCUT2D eigenvalue weighted by atomic mass is 19.1. The molecule has 0 radical (unpaired) electrons. The molecule has 1 unspecified atom stereocenters. The first-order valence-corrected chi connectivity index (χ1v) is 6.81. The molecule has 0 heterocycles. The van der Waals surface area contributed by atoms with Crippen LogP contribution >= 0.6 is 0 Å². The molecule has 18 heavy (non-hydrogen) atoms. The molecule has 0 aliphatic heterocycles. The van der Waals surface area contributed by atoms with E-state index in [2.05, 4.69) is 0 Å². The zero-order valence-electron chi connectivity index (χ0n) is 11.0. The molecule has 2 nitrogen and oxygen atoms in total. The largest absolute Gasteiger partial charge is 0.497 e. The molecule has 1 fully saturated rings. The molecule has 0 spiro atoms. The van der Waals surface area contributed by atoms with Crippen LogP contribution in [0.4, 0.5) is 4.39 Å². The highest BCUT2D eigenvalue weighted by Gasteiger charge is 2.23. The molecule has 0 aromatic heterocycles. The molecule has 3 heteroatoms. The molecule has 1 aromatic rings. The summed E-state index contributed by atoms with van der Waals surface area (Å²) in [6.45, 7) is 0. The SMILES string of the molecule is COc1ccc(C(N)C2CCCCCC2)c(F)c1. The third-order valence-corrected chi connectivity index (χ3v) is 3.97. The summed E-state index contributed by atoms with van der Waals surface area (Å²) >= 11 is 0. The molecule has 100 valence electrons. The van der Waals surface area contributed by atoms with Gasteiger partial charge in [0.25, 0.3) is 0 Å². The highest BCUT2D eigenvalue weighted by Crippen LogP contribution is 2.33. The standard InChI is InChI=1S/C15H22FNO/c1-18-12-8-9-13(14(16)10-12)15(17)11-6-4-2-3-5-7-11/h8-11,15H,2-7,17H2,1H3. The van der Waals surface area contributed by atoms with Gasteiger partial charge in [0.1, 0.15) is 11.6 Å². The van der Waals surface area contributed by atoms with Crippen molar-refractivity contribution < 1.29 is 9.13 Å². The van der Waals surface area contributed by atoms with E-state index in [9.17, 15) is 4.39 Å². The number of rotatable bonds is 3. The number of hydrogen-bond acceptors (Lipinski definition) is 2. The van der Waals surface area contributed by atoms with Crippen LogP contribution in [0.2, 0.25) is 0 Å². The predicted molar refractivity (Wildman–Crippen MR) is 71.1 cm³/mol. The fraction of sp³-hybridized carbons (Fsp3) is 0.600. The van der Waals surface area contributed by atoms with Gasteiger partial charge < -0.3 is 10.5 Å². The van der Waals surface area contributed by atoms with Gasteiger partial charge in [0.2, 0.25) is 0 Å². The second-order valence-corrected chi connectivity index (χ2v) is 5.16. The van der Waals surface area contributed by atoms with Crippen molar-refractivity contribution in [1.82, 2.24) is 0 Å². The first-order valence-electron chi connectivity index (χ1n) is 6.81. The molecule has 2 rings (SSSR count). The van der Waals surface area contributed by atoms with E-state index in [1.807, 2.05) is 0 Å². The Balaban J connectivity index is 2.14. The first kappa shape index (κ1) is 13.3. The van der Waals surface area contributed by atoms with Crippen LogP contribution in [-0.2, 0) is 0 Å². The maximum atomic E-state index is 14.0. The van der Waals surface area contributed by atoms with Gasteiger partial charge >= 0.3 is 0 Å². The number of hydrogen-bond donors (Lipinski definition) is 1. The molecule has 1 atom stereocenters. The van der Waals surface area contributed by atoms with Crippen molar-refractivity contribution in [2.45, 2.75) is 44.6 Å². The number of nitrogens with two attached hydrogens (primary N) is 1. The Kier molecular flexibility index (Phi) is 4.59. The highest BCUT2D eigenvalue weighted by molar-refractivity contribution is 5.31. The van der Waals surface area contributed by atoms with E-state index in [-0.39, 0.29) is 11.9 Å². The van der Waals surface area contributed by atoms with Crippen LogP contribution in [0.3, 0.4) is 0 Å². The molecule has 1 saturated carbocycles. The second-order valence-electron chi connectivity index (χ2n) is 5.16. The summed E-state index contributed by atoms with van der Waals surface area (Å²) in [6, 6.07) is 4.79. The summed E-state index contributed by atoms with van der Waals surface area (Å²) in [4.78, 5) is 0. The summed E-state index contributed by atoms with van der Waals surface area (Å²) in [6.07, 6.45) is 7.24. The monoisotopic (exact) mass is 251 g/mol. The van der Waals surface area contributed by atoms with Crippen LogP contribution < -0.4 is 10.5 Å². The summed E-state index contributed by atoms with van der Waals surface area (Å²) in [5.74, 6) is 0.714. The second kappa shape index (κ2) is 6.19. The van der Waals surface area contributed by atoms with Crippen LogP contribution in [0.5, 0.6) is 5.75 Å². The van der Waals surface area contributed by atoms with Crippen molar-refractivity contribution in [3.05, 3.63) is 29.6 Å². The van der Waals surface area contributed by atoms with E-state index in [0.29, 0.717) is 17.2 Å². The van der Waals surface area contributed by atoms with Gasteiger partial charge in [-0.25, -0.2) is 4.39 Å². The van der Waals surface area contributed by atoms with E-state index in [0.717, 1.165) is 12.8 Å². The fourth-order valence-electron chi connectivity index (χ4n) is 2.83. The van der Waals surface area contributed by atoms with Gasteiger partial charge in [-0.2, -0.15) is 0 Å². The molecule has 1 aliphatic carbocycles. The van der Waals surface area contributed by atoms with Crippen molar-refractivity contribution in [2.24, 2.45) is 11.7 Å². The predicted octanol–water partition coefficient (Wildman–Crippen LogP) is 3.80. The van der Waals surface area contributed by atoms with E-state index < -0.39 is 0 Å². The molecule has 2 N–H and O–H groups in total. The Morgan fingerprint density at radius 3 is 2.44 bits per heavy atom. The van der Waals surface area contributed by atoms with Crippen LogP contribution in [0.1, 0.15) is 50.1 Å². The van der Waals surface area contributed by atoms with Gasteiger partial charge in [-0.15, -0.1) is 0 Å². The van der Waals surface area contributed by atoms with Crippen molar-refractivity contribution in [3.63, 3.8) is 0 Å². The van der Waals surface area contributed by atoms with E-state index >= 15 is 0 Å². The average Bonchev–Trinajstić information content (AvgIpc) is 2.66.